The molecule has 2 aromatic rings. The quantitative estimate of drug-likeness (QED) is 0.512. The summed E-state index contributed by atoms with van der Waals surface area (Å²) in [4.78, 5) is 0. The Balaban J connectivity index is 1.56. The molecule has 0 spiro atoms. The zero-order valence-electron chi connectivity index (χ0n) is 17.4. The zero-order valence-corrected chi connectivity index (χ0v) is 17.4. The summed E-state index contributed by atoms with van der Waals surface area (Å²) >= 11 is 0. The Kier molecular flexibility index (Phi) is 6.97. The van der Waals surface area contributed by atoms with Gasteiger partial charge in [-0.3, -0.25) is 0 Å². The van der Waals surface area contributed by atoms with E-state index >= 15 is 0 Å². The third-order valence-corrected chi connectivity index (χ3v) is 5.46. The first-order chi connectivity index (χ1) is 13.5. The van der Waals surface area contributed by atoms with Crippen LogP contribution >= 0.6 is 0 Å². The van der Waals surface area contributed by atoms with Gasteiger partial charge in [-0.25, -0.2) is 0 Å². The van der Waals surface area contributed by atoms with E-state index in [0.717, 1.165) is 30.9 Å². The normalized spacial score (nSPS) is 17.2. The summed E-state index contributed by atoms with van der Waals surface area (Å²) in [7, 11) is 1.73. The predicted molar refractivity (Wildman–Crippen MR) is 111 cm³/mol. The zero-order chi connectivity index (χ0) is 20.0. The molecule has 2 unspecified atom stereocenters. The first kappa shape index (κ1) is 20.7. The minimum Gasteiger partial charge on any atom is -0.493 e. The third-order valence-electron chi connectivity index (χ3n) is 5.46. The Morgan fingerprint density at radius 2 is 1.43 bits per heavy atom. The maximum Gasteiger partial charge on any atom is 0.119 e. The van der Waals surface area contributed by atoms with Crippen molar-refractivity contribution in [1.82, 2.24) is 0 Å². The van der Waals surface area contributed by atoms with Crippen molar-refractivity contribution in [3.05, 3.63) is 59.7 Å². The highest BCUT2D eigenvalue weighted by atomic mass is 16.6. The van der Waals surface area contributed by atoms with Crippen LogP contribution in [0.4, 0.5) is 0 Å². The summed E-state index contributed by atoms with van der Waals surface area (Å²) in [6.45, 7) is 8.77. The van der Waals surface area contributed by atoms with Crippen molar-refractivity contribution >= 4 is 0 Å². The van der Waals surface area contributed by atoms with Crippen LogP contribution in [0.1, 0.15) is 44.7 Å². The Hall–Kier alpha value is -2.04. The van der Waals surface area contributed by atoms with Gasteiger partial charge in [-0.2, -0.15) is 0 Å². The van der Waals surface area contributed by atoms with Crippen molar-refractivity contribution in [1.29, 1.82) is 0 Å². The standard InChI is InChI=1S/C24H32O4/c1-18(25-4)13-15-26-21-9-5-19(6-10-21)24(2,3)20-7-11-22(12-8-20)27-16-14-23-17-28-23/h5-12,18,23H,13-17H2,1-4H3. The van der Waals surface area contributed by atoms with Gasteiger partial charge in [0.2, 0.25) is 0 Å². The van der Waals surface area contributed by atoms with Crippen molar-refractivity contribution < 1.29 is 18.9 Å². The largest absolute Gasteiger partial charge is 0.493 e. The average Bonchev–Trinajstić information content (AvgIpc) is 3.53. The first-order valence-electron chi connectivity index (χ1n) is 10.1. The van der Waals surface area contributed by atoms with Gasteiger partial charge in [-0.05, 0) is 42.3 Å². The van der Waals surface area contributed by atoms with Gasteiger partial charge in [0.15, 0.2) is 0 Å². The van der Waals surface area contributed by atoms with Crippen LogP contribution in [0.3, 0.4) is 0 Å². The fourth-order valence-electron chi connectivity index (χ4n) is 3.11. The van der Waals surface area contributed by atoms with Gasteiger partial charge in [0.05, 0.1) is 32.0 Å². The highest BCUT2D eigenvalue weighted by molar-refractivity contribution is 5.41. The molecule has 0 saturated carbocycles. The number of ether oxygens (including phenoxy) is 4. The molecule has 152 valence electrons. The van der Waals surface area contributed by atoms with E-state index in [1.165, 1.54) is 11.1 Å². The monoisotopic (exact) mass is 384 g/mol. The van der Waals surface area contributed by atoms with Gasteiger partial charge < -0.3 is 18.9 Å². The fourth-order valence-corrected chi connectivity index (χ4v) is 3.11. The van der Waals surface area contributed by atoms with Crippen LogP contribution < -0.4 is 9.47 Å². The number of hydrogen-bond donors (Lipinski definition) is 0. The van der Waals surface area contributed by atoms with E-state index in [0.29, 0.717) is 19.3 Å². The highest BCUT2D eigenvalue weighted by Crippen LogP contribution is 2.33. The summed E-state index contributed by atoms with van der Waals surface area (Å²) < 4.78 is 22.1. The molecule has 0 aliphatic carbocycles. The Labute approximate surface area is 168 Å². The van der Waals surface area contributed by atoms with Crippen molar-refractivity contribution in [3.63, 3.8) is 0 Å². The lowest BCUT2D eigenvalue weighted by Gasteiger charge is -2.26. The van der Waals surface area contributed by atoms with Crippen LogP contribution in [0.25, 0.3) is 0 Å². The van der Waals surface area contributed by atoms with E-state index in [4.69, 9.17) is 18.9 Å². The lowest BCUT2D eigenvalue weighted by Crippen LogP contribution is -2.18. The molecule has 0 amide bonds. The lowest BCUT2D eigenvalue weighted by atomic mass is 9.78. The van der Waals surface area contributed by atoms with Crippen LogP contribution in [-0.2, 0) is 14.9 Å². The van der Waals surface area contributed by atoms with Gasteiger partial charge in [-0.15, -0.1) is 0 Å². The minimum atomic E-state index is -0.0938. The molecule has 28 heavy (non-hydrogen) atoms. The van der Waals surface area contributed by atoms with Crippen LogP contribution in [-0.4, -0.2) is 39.1 Å². The van der Waals surface area contributed by atoms with Crippen LogP contribution in [0, 0.1) is 0 Å². The number of epoxide rings is 1. The Morgan fingerprint density at radius 1 is 0.929 bits per heavy atom. The van der Waals surface area contributed by atoms with Crippen molar-refractivity contribution in [2.75, 3.05) is 26.9 Å². The van der Waals surface area contributed by atoms with Gasteiger partial charge in [0.25, 0.3) is 0 Å². The summed E-state index contributed by atoms with van der Waals surface area (Å²) in [5.74, 6) is 1.81. The third kappa shape index (κ3) is 5.73. The van der Waals surface area contributed by atoms with Crippen molar-refractivity contribution in [2.24, 2.45) is 0 Å². The molecule has 1 aliphatic rings. The summed E-state index contributed by atoms with van der Waals surface area (Å²) in [6.07, 6.45) is 2.47. The summed E-state index contributed by atoms with van der Waals surface area (Å²) in [5.41, 5.74) is 2.42. The predicted octanol–water partition coefficient (Wildman–Crippen LogP) is 4.98. The van der Waals surface area contributed by atoms with E-state index < -0.39 is 0 Å². The molecule has 1 aliphatic heterocycles. The molecule has 0 bridgehead atoms. The molecule has 2 atom stereocenters. The molecule has 1 heterocycles. The second-order valence-corrected chi connectivity index (χ2v) is 7.95. The molecule has 3 rings (SSSR count). The van der Waals surface area contributed by atoms with Crippen LogP contribution in [0.2, 0.25) is 0 Å². The highest BCUT2D eigenvalue weighted by Gasteiger charge is 2.24. The summed E-state index contributed by atoms with van der Waals surface area (Å²) in [5, 5.41) is 0. The van der Waals surface area contributed by atoms with E-state index in [2.05, 4.69) is 50.2 Å². The molecule has 4 nitrogen and oxygen atoms in total. The topological polar surface area (TPSA) is 40.2 Å². The Morgan fingerprint density at radius 3 is 1.89 bits per heavy atom. The maximum atomic E-state index is 5.82. The van der Waals surface area contributed by atoms with E-state index in [-0.39, 0.29) is 11.5 Å². The molecule has 0 radical (unpaired) electrons. The van der Waals surface area contributed by atoms with Gasteiger partial charge in [0.1, 0.15) is 11.5 Å². The van der Waals surface area contributed by atoms with Gasteiger partial charge in [0, 0.05) is 25.4 Å². The molecule has 1 saturated heterocycles. The number of hydrogen-bond acceptors (Lipinski definition) is 4. The van der Waals surface area contributed by atoms with E-state index in [1.54, 1.807) is 7.11 Å². The van der Waals surface area contributed by atoms with Crippen LogP contribution in [0.15, 0.2) is 48.5 Å². The number of benzene rings is 2. The van der Waals surface area contributed by atoms with Crippen molar-refractivity contribution in [3.8, 4) is 11.5 Å². The summed E-state index contributed by atoms with van der Waals surface area (Å²) in [6, 6.07) is 16.8. The minimum absolute atomic E-state index is 0.0938. The van der Waals surface area contributed by atoms with E-state index in [9.17, 15) is 0 Å². The lowest BCUT2D eigenvalue weighted by molar-refractivity contribution is 0.0955. The van der Waals surface area contributed by atoms with E-state index in [1.807, 2.05) is 19.1 Å². The molecule has 1 fully saturated rings. The molecule has 2 aromatic carbocycles. The first-order valence-corrected chi connectivity index (χ1v) is 10.1. The second kappa shape index (κ2) is 9.44. The average molecular weight is 385 g/mol. The smallest absolute Gasteiger partial charge is 0.119 e. The molecule has 4 heteroatoms. The van der Waals surface area contributed by atoms with Crippen molar-refractivity contribution in [2.45, 2.75) is 51.2 Å². The number of rotatable bonds is 11. The Bertz CT molecular complexity index is 717. The maximum absolute atomic E-state index is 5.82. The molecular formula is C24H32O4. The SMILES string of the molecule is COC(C)CCOc1ccc(C(C)(C)c2ccc(OCCC3CO3)cc2)cc1. The second-order valence-electron chi connectivity index (χ2n) is 7.95. The molecular weight excluding hydrogens is 352 g/mol. The van der Waals surface area contributed by atoms with Crippen LogP contribution in [0.5, 0.6) is 11.5 Å². The fraction of sp³-hybridized carbons (Fsp3) is 0.500. The number of methoxy groups -OCH3 is 1. The van der Waals surface area contributed by atoms with Gasteiger partial charge in [-0.1, -0.05) is 38.1 Å². The molecule has 0 N–H and O–H groups in total. The molecule has 0 aromatic heterocycles. The van der Waals surface area contributed by atoms with Gasteiger partial charge >= 0.3 is 0 Å².